The molecule has 0 radical (unpaired) electrons. The Morgan fingerprint density at radius 3 is 3.00 bits per heavy atom. The van der Waals surface area contributed by atoms with E-state index in [-0.39, 0.29) is 6.17 Å². The Morgan fingerprint density at radius 2 is 2.36 bits per heavy atom. The van der Waals surface area contributed by atoms with Gasteiger partial charge in [0.2, 0.25) is 0 Å². The lowest BCUT2D eigenvalue weighted by atomic mass is 10.3. The zero-order valence-electron chi connectivity index (χ0n) is 9.16. The minimum Gasteiger partial charge on any atom is -0.309 e. The van der Waals surface area contributed by atoms with Gasteiger partial charge in [-0.3, -0.25) is 4.90 Å². The number of nitrogens with zero attached hydrogens (tertiary/aromatic N) is 3. The molecule has 1 unspecified atom stereocenters. The maximum atomic E-state index is 6.85. The van der Waals surface area contributed by atoms with Gasteiger partial charge < -0.3 is 4.90 Å². The second kappa shape index (κ2) is 5.91. The van der Waals surface area contributed by atoms with Gasteiger partial charge in [-0.25, -0.2) is 10.4 Å². The Hall–Kier alpha value is -0.700. The summed E-state index contributed by atoms with van der Waals surface area (Å²) in [7, 11) is 4.19. The van der Waals surface area contributed by atoms with Gasteiger partial charge in [0, 0.05) is 13.1 Å². The molecular weight excluding hydrogens is 176 g/mol. The minimum atomic E-state index is 0.231. The van der Waals surface area contributed by atoms with E-state index >= 15 is 0 Å². The highest BCUT2D eigenvalue weighted by molar-refractivity contribution is 5.36. The summed E-state index contributed by atoms with van der Waals surface area (Å²) in [4.78, 5) is 8.58. The Bertz CT molecular complexity index is 208. The van der Waals surface area contributed by atoms with Crippen LogP contribution in [0.15, 0.2) is 4.99 Å². The van der Waals surface area contributed by atoms with Crippen LogP contribution < -0.4 is 0 Å². The zero-order chi connectivity index (χ0) is 10.4. The van der Waals surface area contributed by atoms with E-state index in [1.807, 2.05) is 0 Å². The van der Waals surface area contributed by atoms with Gasteiger partial charge in [0.15, 0.2) is 0 Å². The van der Waals surface area contributed by atoms with Crippen molar-refractivity contribution in [1.29, 1.82) is 5.41 Å². The van der Waals surface area contributed by atoms with Crippen molar-refractivity contribution in [3.8, 4) is 0 Å². The molecule has 1 aliphatic rings. The first-order chi connectivity index (χ1) is 6.74. The molecule has 14 heavy (non-hydrogen) atoms. The molecular formula is C10H20N4. The Kier molecular flexibility index (Phi) is 4.80. The van der Waals surface area contributed by atoms with Crippen molar-refractivity contribution in [1.82, 2.24) is 9.80 Å². The van der Waals surface area contributed by atoms with Crippen LogP contribution in [0.5, 0.6) is 0 Å². The van der Waals surface area contributed by atoms with Crippen molar-refractivity contribution < 1.29 is 0 Å². The second-order valence-electron chi connectivity index (χ2n) is 4.06. The van der Waals surface area contributed by atoms with Crippen molar-refractivity contribution in [3.63, 3.8) is 0 Å². The summed E-state index contributed by atoms with van der Waals surface area (Å²) in [5.41, 5.74) is 0. The predicted molar refractivity (Wildman–Crippen MR) is 57.9 cm³/mol. The zero-order valence-corrected chi connectivity index (χ0v) is 9.16. The SMILES string of the molecule is CN(C)CCCN1CCCC1N=C=N. The first kappa shape index (κ1) is 11.4. The first-order valence-electron chi connectivity index (χ1n) is 5.24. The van der Waals surface area contributed by atoms with E-state index in [9.17, 15) is 0 Å². The Morgan fingerprint density at radius 1 is 1.57 bits per heavy atom. The second-order valence-corrected chi connectivity index (χ2v) is 4.06. The first-order valence-corrected chi connectivity index (χ1v) is 5.24. The van der Waals surface area contributed by atoms with Gasteiger partial charge >= 0.3 is 0 Å². The molecule has 0 aromatic rings. The standard InChI is InChI=1S/C10H20N4/c1-13(2)6-4-8-14-7-3-5-10(14)12-9-11/h10-11H,3-8H2,1-2H3. The third-order valence-corrected chi connectivity index (χ3v) is 2.59. The number of rotatable bonds is 5. The predicted octanol–water partition coefficient (Wildman–Crippen LogP) is 1.11. The third kappa shape index (κ3) is 3.58. The molecule has 4 nitrogen and oxygen atoms in total. The van der Waals surface area contributed by atoms with Crippen LogP contribution in [0.3, 0.4) is 0 Å². The monoisotopic (exact) mass is 196 g/mol. The van der Waals surface area contributed by atoms with Gasteiger partial charge in [-0.2, -0.15) is 0 Å². The molecule has 4 heteroatoms. The fourth-order valence-electron chi connectivity index (χ4n) is 1.88. The number of aliphatic imine (C=N–C) groups is 1. The van der Waals surface area contributed by atoms with Gasteiger partial charge in [0.1, 0.15) is 6.17 Å². The average Bonchev–Trinajstić information content (AvgIpc) is 2.53. The van der Waals surface area contributed by atoms with E-state index in [2.05, 4.69) is 34.9 Å². The van der Waals surface area contributed by atoms with E-state index in [1.165, 1.54) is 12.8 Å². The lowest BCUT2D eigenvalue weighted by Gasteiger charge is -2.20. The summed E-state index contributed by atoms with van der Waals surface area (Å²) in [5.74, 6) is 0. The summed E-state index contributed by atoms with van der Waals surface area (Å²) in [5, 5.41) is 6.85. The normalized spacial score (nSPS) is 22.6. The van der Waals surface area contributed by atoms with Gasteiger partial charge in [-0.15, -0.1) is 0 Å². The highest BCUT2D eigenvalue weighted by Crippen LogP contribution is 2.17. The Balaban J connectivity index is 2.25. The maximum Gasteiger partial charge on any atom is 0.113 e. The van der Waals surface area contributed by atoms with Crippen LogP contribution in [-0.4, -0.2) is 55.7 Å². The van der Waals surface area contributed by atoms with E-state index < -0.39 is 0 Å². The Labute approximate surface area is 86.1 Å². The third-order valence-electron chi connectivity index (χ3n) is 2.59. The molecule has 1 aliphatic heterocycles. The molecule has 0 aromatic carbocycles. The molecule has 1 N–H and O–H groups in total. The lowest BCUT2D eigenvalue weighted by Crippen LogP contribution is -2.30. The summed E-state index contributed by atoms with van der Waals surface area (Å²) in [6, 6.07) is 2.16. The topological polar surface area (TPSA) is 42.7 Å². The van der Waals surface area contributed by atoms with Gasteiger partial charge in [0.25, 0.3) is 0 Å². The van der Waals surface area contributed by atoms with Crippen molar-refractivity contribution in [2.45, 2.75) is 25.4 Å². The fourth-order valence-corrected chi connectivity index (χ4v) is 1.88. The van der Waals surface area contributed by atoms with E-state index in [1.54, 1.807) is 0 Å². The number of hydrogen-bond donors (Lipinski definition) is 1. The molecule has 1 saturated heterocycles. The number of hydrogen-bond acceptors (Lipinski definition) is 4. The van der Waals surface area contributed by atoms with E-state index in [4.69, 9.17) is 5.41 Å². The number of likely N-dealkylation sites (tertiary alicyclic amines) is 1. The fraction of sp³-hybridized carbons (Fsp3) is 0.900. The molecule has 0 amide bonds. The molecule has 1 atom stereocenters. The highest BCUT2D eigenvalue weighted by Gasteiger charge is 2.22. The largest absolute Gasteiger partial charge is 0.309 e. The number of nitrogens with one attached hydrogen (secondary N) is 1. The molecule has 0 bridgehead atoms. The molecule has 1 heterocycles. The van der Waals surface area contributed by atoms with Crippen LogP contribution in [0.25, 0.3) is 0 Å². The van der Waals surface area contributed by atoms with Crippen molar-refractivity contribution >= 4 is 6.01 Å². The van der Waals surface area contributed by atoms with Crippen LogP contribution in [0.1, 0.15) is 19.3 Å². The van der Waals surface area contributed by atoms with Crippen LogP contribution in [0.4, 0.5) is 0 Å². The summed E-state index contributed by atoms with van der Waals surface area (Å²) >= 11 is 0. The van der Waals surface area contributed by atoms with Crippen LogP contribution in [0.2, 0.25) is 0 Å². The molecule has 1 fully saturated rings. The maximum absolute atomic E-state index is 6.85. The smallest absolute Gasteiger partial charge is 0.113 e. The van der Waals surface area contributed by atoms with E-state index in [0.717, 1.165) is 26.1 Å². The summed E-state index contributed by atoms with van der Waals surface area (Å²) in [6.45, 7) is 3.34. The van der Waals surface area contributed by atoms with Crippen LogP contribution in [-0.2, 0) is 0 Å². The summed E-state index contributed by atoms with van der Waals surface area (Å²) in [6.07, 6.45) is 3.71. The van der Waals surface area contributed by atoms with Gasteiger partial charge in [0.05, 0.1) is 6.01 Å². The average molecular weight is 196 g/mol. The van der Waals surface area contributed by atoms with E-state index in [0.29, 0.717) is 0 Å². The molecule has 0 saturated carbocycles. The minimum absolute atomic E-state index is 0.231. The van der Waals surface area contributed by atoms with Crippen LogP contribution >= 0.6 is 0 Å². The lowest BCUT2D eigenvalue weighted by molar-refractivity contribution is 0.244. The van der Waals surface area contributed by atoms with Crippen molar-refractivity contribution in [3.05, 3.63) is 0 Å². The van der Waals surface area contributed by atoms with Gasteiger partial charge in [-0.1, -0.05) is 0 Å². The van der Waals surface area contributed by atoms with Crippen molar-refractivity contribution in [2.24, 2.45) is 4.99 Å². The molecule has 0 spiro atoms. The van der Waals surface area contributed by atoms with Crippen molar-refractivity contribution in [2.75, 3.05) is 33.7 Å². The van der Waals surface area contributed by atoms with Gasteiger partial charge in [-0.05, 0) is 39.9 Å². The molecule has 1 rings (SSSR count). The molecule has 0 aliphatic carbocycles. The molecule has 80 valence electrons. The highest BCUT2D eigenvalue weighted by atomic mass is 15.3. The molecule has 0 aromatic heterocycles. The van der Waals surface area contributed by atoms with Crippen LogP contribution in [0, 0.1) is 5.41 Å². The quantitative estimate of drug-likeness (QED) is 0.669. The summed E-state index contributed by atoms with van der Waals surface area (Å²) < 4.78 is 0.